The van der Waals surface area contributed by atoms with Crippen molar-refractivity contribution < 1.29 is 14.1 Å². The summed E-state index contributed by atoms with van der Waals surface area (Å²) in [4.78, 5) is 22.7. The number of hydrogen-bond acceptors (Lipinski definition) is 4. The number of furan rings is 1. The van der Waals surface area contributed by atoms with Gasteiger partial charge in [0.1, 0.15) is 11.5 Å². The fourth-order valence-electron chi connectivity index (χ4n) is 3.04. The number of fused-ring (bicyclic) bond motifs is 1. The highest BCUT2D eigenvalue weighted by Crippen LogP contribution is 2.33. The number of carbonyl (C=O) groups is 1. The van der Waals surface area contributed by atoms with Crippen molar-refractivity contribution in [3.63, 3.8) is 0 Å². The molecule has 5 nitrogen and oxygen atoms in total. The van der Waals surface area contributed by atoms with E-state index in [1.807, 2.05) is 24.3 Å². The zero-order valence-corrected chi connectivity index (χ0v) is 14.2. The molecule has 0 radical (unpaired) electrons. The Hall–Kier alpha value is -3.18. The average Bonchev–Trinajstić information content (AvgIpc) is 3.21. The molecule has 0 saturated carbocycles. The van der Waals surface area contributed by atoms with Gasteiger partial charge in [-0.25, -0.2) is 0 Å². The van der Waals surface area contributed by atoms with E-state index >= 15 is 0 Å². The molecule has 1 heterocycles. The maximum atomic E-state index is 12.4. The van der Waals surface area contributed by atoms with Crippen LogP contribution in [0, 0.1) is 10.1 Å². The van der Waals surface area contributed by atoms with Crippen molar-refractivity contribution in [1.29, 1.82) is 0 Å². The van der Waals surface area contributed by atoms with Crippen LogP contribution in [-0.4, -0.2) is 10.7 Å². The zero-order chi connectivity index (χ0) is 18.3. The minimum absolute atomic E-state index is 0.00641. The number of hydrogen-bond donors (Lipinski definition) is 0. The lowest BCUT2D eigenvalue weighted by Gasteiger charge is -2.00. The van der Waals surface area contributed by atoms with E-state index in [1.165, 1.54) is 12.1 Å². The van der Waals surface area contributed by atoms with Crippen molar-refractivity contribution in [3.8, 4) is 11.3 Å². The maximum absolute atomic E-state index is 12.4. The number of rotatable bonds is 3. The minimum Gasteiger partial charge on any atom is -0.457 e. The number of allylic oxidation sites excluding steroid dienone is 1. The number of nitro benzene ring substituents is 1. The summed E-state index contributed by atoms with van der Waals surface area (Å²) in [5.41, 5.74) is 2.88. The third-order valence-corrected chi connectivity index (χ3v) is 4.62. The second kappa shape index (κ2) is 6.28. The summed E-state index contributed by atoms with van der Waals surface area (Å²) in [6.07, 6.45) is 2.30. The van der Waals surface area contributed by atoms with E-state index in [2.05, 4.69) is 0 Å². The van der Waals surface area contributed by atoms with Gasteiger partial charge in [0.05, 0.1) is 9.95 Å². The van der Waals surface area contributed by atoms with Gasteiger partial charge in [-0.1, -0.05) is 35.9 Å². The van der Waals surface area contributed by atoms with Gasteiger partial charge in [-0.3, -0.25) is 14.9 Å². The molecule has 1 aromatic heterocycles. The lowest BCUT2D eigenvalue weighted by atomic mass is 10.1. The van der Waals surface area contributed by atoms with Crippen LogP contribution in [0.3, 0.4) is 0 Å². The van der Waals surface area contributed by atoms with Crippen molar-refractivity contribution >= 4 is 29.1 Å². The van der Waals surface area contributed by atoms with E-state index in [-0.39, 0.29) is 16.5 Å². The van der Waals surface area contributed by atoms with Crippen LogP contribution in [0.15, 0.2) is 64.6 Å². The Balaban J connectivity index is 1.64. The molecular weight excluding hydrogens is 354 g/mol. The van der Waals surface area contributed by atoms with Gasteiger partial charge < -0.3 is 4.42 Å². The van der Waals surface area contributed by atoms with E-state index in [1.54, 1.807) is 24.3 Å². The molecule has 0 aliphatic heterocycles. The van der Waals surface area contributed by atoms with Gasteiger partial charge in [-0.2, -0.15) is 0 Å². The summed E-state index contributed by atoms with van der Waals surface area (Å²) < 4.78 is 5.78. The summed E-state index contributed by atoms with van der Waals surface area (Å²) in [6.45, 7) is 0. The Morgan fingerprint density at radius 1 is 1.08 bits per heavy atom. The van der Waals surface area contributed by atoms with Crippen LogP contribution in [0.5, 0.6) is 0 Å². The SMILES string of the molecule is O=C1C(=Cc2ccc(-c3ccc([N+](=O)[O-])cc3Cl)o2)Cc2ccccc21. The highest BCUT2D eigenvalue weighted by molar-refractivity contribution is 6.33. The minimum atomic E-state index is -0.503. The molecule has 0 saturated heterocycles. The monoisotopic (exact) mass is 365 g/mol. The average molecular weight is 366 g/mol. The van der Waals surface area contributed by atoms with Crippen LogP contribution in [0.25, 0.3) is 17.4 Å². The van der Waals surface area contributed by atoms with Crippen LogP contribution >= 0.6 is 11.6 Å². The number of non-ortho nitro benzene ring substituents is 1. The Kier molecular flexibility index (Phi) is 3.93. The first-order valence-electron chi connectivity index (χ1n) is 7.90. The molecule has 0 N–H and O–H groups in total. The molecule has 4 rings (SSSR count). The first-order valence-corrected chi connectivity index (χ1v) is 8.28. The fourth-order valence-corrected chi connectivity index (χ4v) is 3.30. The molecule has 0 bridgehead atoms. The van der Waals surface area contributed by atoms with Gasteiger partial charge in [0.15, 0.2) is 5.78 Å². The van der Waals surface area contributed by atoms with Crippen molar-refractivity contribution in [3.05, 3.63) is 92.2 Å². The molecule has 26 heavy (non-hydrogen) atoms. The Morgan fingerprint density at radius 2 is 1.88 bits per heavy atom. The number of carbonyl (C=O) groups excluding carboxylic acids is 1. The van der Waals surface area contributed by atoms with E-state index in [9.17, 15) is 14.9 Å². The van der Waals surface area contributed by atoms with Crippen molar-refractivity contribution in [2.75, 3.05) is 0 Å². The summed E-state index contributed by atoms with van der Waals surface area (Å²) in [5.74, 6) is 1.03. The molecule has 1 aliphatic carbocycles. The molecule has 3 aromatic rings. The summed E-state index contributed by atoms with van der Waals surface area (Å²) in [7, 11) is 0. The predicted molar refractivity (Wildman–Crippen MR) is 98.3 cm³/mol. The lowest BCUT2D eigenvalue weighted by Crippen LogP contribution is -1.94. The van der Waals surface area contributed by atoms with E-state index in [0.717, 1.165) is 11.1 Å². The van der Waals surface area contributed by atoms with Crippen LogP contribution in [0.1, 0.15) is 21.7 Å². The number of ketones is 1. The quantitative estimate of drug-likeness (QED) is 0.357. The molecule has 2 aromatic carbocycles. The van der Waals surface area contributed by atoms with E-state index < -0.39 is 4.92 Å². The highest BCUT2D eigenvalue weighted by atomic mass is 35.5. The Labute approximate surface area is 153 Å². The standard InChI is InChI=1S/C20H12ClNO4/c21-18-11-14(22(24)25)5-7-17(18)19-8-6-15(26-19)10-13-9-12-3-1-2-4-16(12)20(13)23/h1-8,10-11H,9H2. The third kappa shape index (κ3) is 2.82. The Morgan fingerprint density at radius 3 is 2.62 bits per heavy atom. The molecular formula is C20H12ClNO4. The second-order valence-electron chi connectivity index (χ2n) is 5.96. The molecule has 0 atom stereocenters. The zero-order valence-electron chi connectivity index (χ0n) is 13.4. The third-order valence-electron chi connectivity index (χ3n) is 4.31. The summed E-state index contributed by atoms with van der Waals surface area (Å²) in [5, 5.41) is 11.0. The number of halogens is 1. The summed E-state index contributed by atoms with van der Waals surface area (Å²) >= 11 is 6.14. The predicted octanol–water partition coefficient (Wildman–Crippen LogP) is 5.33. The molecule has 0 amide bonds. The lowest BCUT2D eigenvalue weighted by molar-refractivity contribution is -0.384. The van der Waals surface area contributed by atoms with Gasteiger partial charge >= 0.3 is 0 Å². The smallest absolute Gasteiger partial charge is 0.270 e. The first-order chi connectivity index (χ1) is 12.5. The van der Waals surface area contributed by atoms with Crippen LogP contribution in [0.2, 0.25) is 5.02 Å². The van der Waals surface area contributed by atoms with Gasteiger partial charge in [0.2, 0.25) is 0 Å². The van der Waals surface area contributed by atoms with Gasteiger partial charge in [-0.15, -0.1) is 0 Å². The Bertz CT molecular complexity index is 1080. The number of nitro groups is 1. The van der Waals surface area contributed by atoms with Gasteiger partial charge in [-0.05, 0) is 29.8 Å². The van der Waals surface area contributed by atoms with Crippen molar-refractivity contribution in [1.82, 2.24) is 0 Å². The van der Waals surface area contributed by atoms with Crippen molar-refractivity contribution in [2.45, 2.75) is 6.42 Å². The molecule has 1 aliphatic rings. The maximum Gasteiger partial charge on any atom is 0.270 e. The van der Waals surface area contributed by atoms with E-state index in [4.69, 9.17) is 16.0 Å². The molecule has 0 spiro atoms. The second-order valence-corrected chi connectivity index (χ2v) is 6.36. The van der Waals surface area contributed by atoms with Gasteiger partial charge in [0.25, 0.3) is 5.69 Å². The highest BCUT2D eigenvalue weighted by Gasteiger charge is 2.24. The van der Waals surface area contributed by atoms with E-state index in [0.29, 0.717) is 29.1 Å². The van der Waals surface area contributed by atoms with Gasteiger partial charge in [0, 0.05) is 35.3 Å². The molecule has 128 valence electrons. The largest absolute Gasteiger partial charge is 0.457 e. The fraction of sp³-hybridized carbons (Fsp3) is 0.0500. The first kappa shape index (κ1) is 16.3. The van der Waals surface area contributed by atoms with Crippen molar-refractivity contribution in [2.24, 2.45) is 0 Å². The van der Waals surface area contributed by atoms with Crippen LogP contribution in [0.4, 0.5) is 5.69 Å². The number of nitrogens with zero attached hydrogens (tertiary/aromatic N) is 1. The molecule has 0 fully saturated rings. The molecule has 0 unspecified atom stereocenters. The van der Waals surface area contributed by atoms with Crippen LogP contribution < -0.4 is 0 Å². The molecule has 6 heteroatoms. The number of Topliss-reactive ketones (excluding diaryl/α,β-unsaturated/α-hetero) is 1. The van der Waals surface area contributed by atoms with Crippen LogP contribution in [-0.2, 0) is 6.42 Å². The summed E-state index contributed by atoms with van der Waals surface area (Å²) in [6, 6.07) is 15.2. The normalized spacial score (nSPS) is 14.7. The number of benzene rings is 2. The topological polar surface area (TPSA) is 73.3 Å².